The highest BCUT2D eigenvalue weighted by Crippen LogP contribution is 2.30. The molecule has 1 aromatic heterocycles. The smallest absolute Gasteiger partial charge is 0.221 e. The van der Waals surface area contributed by atoms with E-state index in [1.54, 1.807) is 18.3 Å². The van der Waals surface area contributed by atoms with Gasteiger partial charge >= 0.3 is 0 Å². The van der Waals surface area contributed by atoms with Gasteiger partial charge in [0, 0.05) is 16.2 Å². The summed E-state index contributed by atoms with van der Waals surface area (Å²) in [4.78, 5) is 8.01. The van der Waals surface area contributed by atoms with Crippen LogP contribution < -0.4 is 11.1 Å². The van der Waals surface area contributed by atoms with Gasteiger partial charge in [0.15, 0.2) is 0 Å². The highest BCUT2D eigenvalue weighted by molar-refractivity contribution is 9.10. The average molecular weight is 362 g/mol. The fourth-order valence-electron chi connectivity index (χ4n) is 1.62. The molecule has 0 aliphatic rings. The van der Waals surface area contributed by atoms with Crippen molar-refractivity contribution in [1.82, 2.24) is 9.97 Å². The first kappa shape index (κ1) is 14.4. The Hall–Kier alpha value is -1.04. The van der Waals surface area contributed by atoms with Gasteiger partial charge in [-0.05, 0) is 40.5 Å². The minimum absolute atomic E-state index is 0.0460. The number of halogens is 3. The van der Waals surface area contributed by atoms with Crippen molar-refractivity contribution in [2.75, 3.05) is 11.1 Å². The van der Waals surface area contributed by atoms with E-state index in [4.69, 9.17) is 28.9 Å². The van der Waals surface area contributed by atoms with Gasteiger partial charge in [-0.3, -0.25) is 0 Å². The zero-order chi connectivity index (χ0) is 14.0. The fraction of sp³-hybridized carbons (Fsp3) is 0.167. The fourth-order valence-corrected chi connectivity index (χ4v) is 2.50. The van der Waals surface area contributed by atoms with Crippen LogP contribution in [-0.2, 0) is 0 Å². The number of nitrogens with two attached hydrogens (primary N) is 1. The molecule has 2 aromatic rings. The molecule has 0 amide bonds. The number of aromatic nitrogens is 2. The minimum atomic E-state index is -0.0460. The lowest BCUT2D eigenvalue weighted by molar-refractivity contribution is 0.871. The summed E-state index contributed by atoms with van der Waals surface area (Å²) in [5.41, 5.74) is 6.49. The minimum Gasteiger partial charge on any atom is -0.368 e. The molecule has 0 spiro atoms. The van der Waals surface area contributed by atoms with Gasteiger partial charge in [-0.2, -0.15) is 4.98 Å². The van der Waals surface area contributed by atoms with Crippen LogP contribution >= 0.6 is 39.1 Å². The molecule has 1 heterocycles. The quantitative estimate of drug-likeness (QED) is 0.855. The summed E-state index contributed by atoms with van der Waals surface area (Å²) in [5.74, 6) is 0.825. The Morgan fingerprint density at radius 1 is 1.37 bits per heavy atom. The van der Waals surface area contributed by atoms with Crippen molar-refractivity contribution in [3.63, 3.8) is 0 Å². The summed E-state index contributed by atoms with van der Waals surface area (Å²) in [5, 5.41) is 4.43. The normalized spacial score (nSPS) is 12.2. The predicted octanol–water partition coefficient (Wildman–Crippen LogP) is 4.30. The second-order valence-electron chi connectivity index (χ2n) is 3.96. The van der Waals surface area contributed by atoms with E-state index in [0.29, 0.717) is 15.9 Å². The van der Waals surface area contributed by atoms with Gasteiger partial charge in [-0.25, -0.2) is 4.98 Å². The van der Waals surface area contributed by atoms with Crippen LogP contribution in [-0.4, -0.2) is 9.97 Å². The molecule has 19 heavy (non-hydrogen) atoms. The van der Waals surface area contributed by atoms with Gasteiger partial charge in [0.05, 0.1) is 10.5 Å². The lowest BCUT2D eigenvalue weighted by Crippen LogP contribution is -2.10. The van der Waals surface area contributed by atoms with E-state index in [9.17, 15) is 0 Å². The summed E-state index contributed by atoms with van der Waals surface area (Å²) in [6.45, 7) is 1.97. The molecular formula is C12H11BrCl2N4. The van der Waals surface area contributed by atoms with Crippen molar-refractivity contribution in [2.24, 2.45) is 0 Å². The summed E-state index contributed by atoms with van der Waals surface area (Å²) in [7, 11) is 0. The van der Waals surface area contributed by atoms with Crippen LogP contribution in [0.3, 0.4) is 0 Å². The van der Waals surface area contributed by atoms with E-state index < -0.39 is 0 Å². The number of nitrogen functional groups attached to an aromatic ring is 1. The van der Waals surface area contributed by atoms with Crippen LogP contribution in [0.15, 0.2) is 28.9 Å². The highest BCUT2D eigenvalue weighted by atomic mass is 79.9. The molecule has 0 saturated heterocycles. The molecule has 0 fully saturated rings. The van der Waals surface area contributed by atoms with Crippen molar-refractivity contribution < 1.29 is 0 Å². The van der Waals surface area contributed by atoms with E-state index in [0.717, 1.165) is 10.0 Å². The van der Waals surface area contributed by atoms with Crippen LogP contribution in [0.25, 0.3) is 0 Å². The Morgan fingerprint density at radius 2 is 2.11 bits per heavy atom. The van der Waals surface area contributed by atoms with Crippen molar-refractivity contribution in [2.45, 2.75) is 13.0 Å². The third kappa shape index (κ3) is 3.49. The van der Waals surface area contributed by atoms with Crippen molar-refractivity contribution in [3.8, 4) is 0 Å². The van der Waals surface area contributed by atoms with Gasteiger partial charge in [0.25, 0.3) is 0 Å². The van der Waals surface area contributed by atoms with Crippen molar-refractivity contribution in [1.29, 1.82) is 0 Å². The lowest BCUT2D eigenvalue weighted by atomic mass is 10.1. The molecule has 0 bridgehead atoms. The Morgan fingerprint density at radius 3 is 2.79 bits per heavy atom. The first-order chi connectivity index (χ1) is 8.97. The average Bonchev–Trinajstić information content (AvgIpc) is 2.33. The number of hydrogen-bond donors (Lipinski definition) is 2. The van der Waals surface area contributed by atoms with Crippen LogP contribution in [0.2, 0.25) is 10.0 Å². The number of anilines is 2. The first-order valence-electron chi connectivity index (χ1n) is 5.47. The Labute approximate surface area is 129 Å². The van der Waals surface area contributed by atoms with Gasteiger partial charge in [0.1, 0.15) is 5.82 Å². The zero-order valence-corrected chi connectivity index (χ0v) is 13.1. The Balaban J connectivity index is 2.25. The van der Waals surface area contributed by atoms with Crippen molar-refractivity contribution >= 4 is 50.9 Å². The molecule has 0 aliphatic carbocycles. The summed E-state index contributed by atoms with van der Waals surface area (Å²) in [6.07, 6.45) is 1.60. The second kappa shape index (κ2) is 5.94. The lowest BCUT2D eigenvalue weighted by Gasteiger charge is -2.17. The summed E-state index contributed by atoms with van der Waals surface area (Å²) >= 11 is 15.4. The van der Waals surface area contributed by atoms with Crippen LogP contribution in [0, 0.1) is 0 Å². The van der Waals surface area contributed by atoms with E-state index in [-0.39, 0.29) is 12.0 Å². The number of nitrogens with one attached hydrogen (secondary N) is 1. The monoisotopic (exact) mass is 360 g/mol. The first-order valence-corrected chi connectivity index (χ1v) is 7.01. The molecule has 4 nitrogen and oxygen atoms in total. The molecular weight excluding hydrogens is 351 g/mol. The maximum atomic E-state index is 6.17. The predicted molar refractivity (Wildman–Crippen MR) is 82.6 cm³/mol. The largest absolute Gasteiger partial charge is 0.368 e. The molecule has 1 aromatic carbocycles. The van der Waals surface area contributed by atoms with Gasteiger partial charge in [-0.15, -0.1) is 0 Å². The highest BCUT2D eigenvalue weighted by Gasteiger charge is 2.12. The molecule has 3 N–H and O–H groups in total. The zero-order valence-electron chi connectivity index (χ0n) is 9.99. The third-order valence-corrected chi connectivity index (χ3v) is 3.69. The van der Waals surface area contributed by atoms with Gasteiger partial charge in [0.2, 0.25) is 5.95 Å². The summed E-state index contributed by atoms with van der Waals surface area (Å²) in [6, 6.07) is 5.33. The maximum absolute atomic E-state index is 6.17. The molecule has 0 saturated carbocycles. The van der Waals surface area contributed by atoms with E-state index in [1.165, 1.54) is 0 Å². The molecule has 100 valence electrons. The topological polar surface area (TPSA) is 63.8 Å². The number of hydrogen-bond acceptors (Lipinski definition) is 4. The molecule has 0 radical (unpaired) electrons. The van der Waals surface area contributed by atoms with E-state index in [1.807, 2.05) is 13.0 Å². The second-order valence-corrected chi connectivity index (χ2v) is 5.65. The van der Waals surface area contributed by atoms with E-state index in [2.05, 4.69) is 31.2 Å². The molecule has 7 heteroatoms. The van der Waals surface area contributed by atoms with Crippen LogP contribution in [0.5, 0.6) is 0 Å². The molecule has 1 unspecified atom stereocenters. The third-order valence-electron chi connectivity index (χ3n) is 2.54. The number of benzene rings is 1. The Bertz CT molecular complexity index is 606. The van der Waals surface area contributed by atoms with E-state index >= 15 is 0 Å². The van der Waals surface area contributed by atoms with Gasteiger partial charge < -0.3 is 11.1 Å². The summed E-state index contributed by atoms with van der Waals surface area (Å²) < 4.78 is 0.735. The van der Waals surface area contributed by atoms with Crippen LogP contribution in [0.4, 0.5) is 11.8 Å². The van der Waals surface area contributed by atoms with Gasteiger partial charge in [-0.1, -0.05) is 29.3 Å². The number of rotatable bonds is 3. The molecule has 1 atom stereocenters. The number of nitrogens with zero attached hydrogens (tertiary/aromatic N) is 2. The molecule has 2 rings (SSSR count). The maximum Gasteiger partial charge on any atom is 0.221 e. The van der Waals surface area contributed by atoms with Crippen LogP contribution in [0.1, 0.15) is 18.5 Å². The Kier molecular flexibility index (Phi) is 4.50. The molecule has 0 aliphatic heterocycles. The van der Waals surface area contributed by atoms with Crippen molar-refractivity contribution in [3.05, 3.63) is 44.5 Å². The standard InChI is InChI=1S/C12H11BrCl2N4/c1-6(8-3-2-7(14)4-10(8)15)18-11-9(13)5-17-12(16)19-11/h2-6H,1H3,(H3,16,17,18,19). The SMILES string of the molecule is CC(Nc1nc(N)ncc1Br)c1ccc(Cl)cc1Cl.